The molecule has 0 aliphatic heterocycles. The molecule has 1 fully saturated rings. The number of nitrogens with one attached hydrogen (secondary N) is 1. The molecule has 164 valence electrons. The molecule has 0 amide bonds. The Morgan fingerprint density at radius 3 is 2.30 bits per heavy atom. The fraction of sp³-hybridized carbons (Fsp3) is 0.526. The maximum absolute atomic E-state index is 13.4. The number of anilines is 1. The van der Waals surface area contributed by atoms with Crippen LogP contribution in [-0.4, -0.2) is 32.2 Å². The summed E-state index contributed by atoms with van der Waals surface area (Å²) in [6.45, 7) is 3.44. The van der Waals surface area contributed by atoms with Gasteiger partial charge in [0.1, 0.15) is 17.2 Å². The van der Waals surface area contributed by atoms with Crippen molar-refractivity contribution in [2.24, 2.45) is 5.41 Å². The van der Waals surface area contributed by atoms with Gasteiger partial charge in [-0.15, -0.1) is 0 Å². The van der Waals surface area contributed by atoms with E-state index in [1.54, 1.807) is 13.8 Å². The Bertz CT molecular complexity index is 913. The third-order valence-electron chi connectivity index (χ3n) is 5.50. The van der Waals surface area contributed by atoms with Crippen LogP contribution in [-0.2, 0) is 25.2 Å². The normalized spacial score (nSPS) is 21.2. The molecular weight excluding hydrogens is 414 g/mol. The standard InChI is InChI=1S/C19H20F6N4O/c1-17(2)13(7-14(17)30)28-16-12(19(23,24)25)9-27-15(29-16)4-3-10-8-26-6-5-11(10)18(20,21)22/h5-6,8-9,13-14,30H,3-4,7H2,1-2H3,(H,27,28,29)/t13-,14+/m0/s1. The molecule has 0 spiro atoms. The SMILES string of the molecule is CC1(C)[C@H](O)C[C@@H]1Nc1nc(CCc2cnccc2C(F)(F)F)ncc1C(F)(F)F. The Balaban J connectivity index is 1.84. The molecule has 2 N–H and O–H groups in total. The second-order valence-corrected chi connectivity index (χ2v) is 7.85. The highest BCUT2D eigenvalue weighted by Gasteiger charge is 2.48. The second-order valence-electron chi connectivity index (χ2n) is 7.85. The van der Waals surface area contributed by atoms with E-state index in [0.717, 1.165) is 18.5 Å². The van der Waals surface area contributed by atoms with Crippen molar-refractivity contribution in [1.29, 1.82) is 0 Å². The lowest BCUT2D eigenvalue weighted by molar-refractivity contribution is -0.138. The van der Waals surface area contributed by atoms with E-state index in [2.05, 4.69) is 20.3 Å². The molecule has 2 atom stereocenters. The van der Waals surface area contributed by atoms with Gasteiger partial charge < -0.3 is 10.4 Å². The van der Waals surface area contributed by atoms with Crippen LogP contribution in [0, 0.1) is 5.41 Å². The third kappa shape index (κ3) is 4.50. The Morgan fingerprint density at radius 1 is 1.07 bits per heavy atom. The number of alkyl halides is 6. The van der Waals surface area contributed by atoms with E-state index in [1.165, 1.54) is 0 Å². The summed E-state index contributed by atoms with van der Waals surface area (Å²) in [7, 11) is 0. The van der Waals surface area contributed by atoms with Gasteiger partial charge in [-0.05, 0) is 24.5 Å². The van der Waals surface area contributed by atoms with Crippen molar-refractivity contribution in [3.05, 3.63) is 47.2 Å². The van der Waals surface area contributed by atoms with Gasteiger partial charge in [0.25, 0.3) is 0 Å². The van der Waals surface area contributed by atoms with Gasteiger partial charge in [0.15, 0.2) is 0 Å². The molecule has 0 radical (unpaired) electrons. The van der Waals surface area contributed by atoms with Crippen LogP contribution in [0.4, 0.5) is 32.2 Å². The van der Waals surface area contributed by atoms with Crippen LogP contribution >= 0.6 is 0 Å². The molecule has 5 nitrogen and oxygen atoms in total. The zero-order chi connectivity index (χ0) is 22.3. The van der Waals surface area contributed by atoms with Crippen molar-refractivity contribution in [3.8, 4) is 0 Å². The number of aryl methyl sites for hydroxylation is 2. The van der Waals surface area contributed by atoms with Gasteiger partial charge in [0.05, 0.1) is 11.7 Å². The third-order valence-corrected chi connectivity index (χ3v) is 5.50. The molecule has 1 aliphatic rings. The Kier molecular flexibility index (Phi) is 5.70. The van der Waals surface area contributed by atoms with E-state index in [0.29, 0.717) is 6.20 Å². The number of aliphatic hydroxyl groups is 1. The summed E-state index contributed by atoms with van der Waals surface area (Å²) in [5.74, 6) is -0.472. The summed E-state index contributed by atoms with van der Waals surface area (Å²) in [6.07, 6.45) is -7.18. The molecule has 0 bridgehead atoms. The van der Waals surface area contributed by atoms with Crippen molar-refractivity contribution in [3.63, 3.8) is 0 Å². The Labute approximate surface area is 168 Å². The fourth-order valence-electron chi connectivity index (χ4n) is 3.32. The maximum Gasteiger partial charge on any atom is 0.421 e. The largest absolute Gasteiger partial charge is 0.421 e. The second kappa shape index (κ2) is 7.68. The first-order valence-corrected chi connectivity index (χ1v) is 9.18. The lowest BCUT2D eigenvalue weighted by Crippen LogP contribution is -2.57. The summed E-state index contributed by atoms with van der Waals surface area (Å²) >= 11 is 0. The minimum absolute atomic E-state index is 0.0276. The van der Waals surface area contributed by atoms with Gasteiger partial charge in [-0.25, -0.2) is 9.97 Å². The van der Waals surface area contributed by atoms with Crippen molar-refractivity contribution in [2.45, 2.75) is 57.6 Å². The molecule has 2 aromatic heterocycles. The molecular formula is C19H20F6N4O. The maximum atomic E-state index is 13.4. The van der Waals surface area contributed by atoms with Crippen LogP contribution in [0.15, 0.2) is 24.7 Å². The number of hydrogen-bond donors (Lipinski definition) is 2. The summed E-state index contributed by atoms with van der Waals surface area (Å²) in [4.78, 5) is 11.3. The molecule has 11 heteroatoms. The van der Waals surface area contributed by atoms with E-state index < -0.39 is 46.9 Å². The number of halogens is 6. The molecule has 30 heavy (non-hydrogen) atoms. The highest BCUT2D eigenvalue weighted by molar-refractivity contribution is 5.47. The highest BCUT2D eigenvalue weighted by Crippen LogP contribution is 2.43. The molecule has 2 aromatic rings. The van der Waals surface area contributed by atoms with Crippen LogP contribution in [0.2, 0.25) is 0 Å². The number of pyridine rings is 1. The van der Waals surface area contributed by atoms with Gasteiger partial charge >= 0.3 is 12.4 Å². The van der Waals surface area contributed by atoms with Crippen LogP contribution in [0.25, 0.3) is 0 Å². The first-order valence-electron chi connectivity index (χ1n) is 9.18. The van der Waals surface area contributed by atoms with Crippen LogP contribution in [0.1, 0.15) is 42.8 Å². The Morgan fingerprint density at radius 2 is 1.73 bits per heavy atom. The summed E-state index contributed by atoms with van der Waals surface area (Å²) < 4.78 is 79.4. The molecule has 2 heterocycles. The van der Waals surface area contributed by atoms with E-state index in [1.807, 2.05) is 0 Å². The molecule has 0 aromatic carbocycles. The summed E-state index contributed by atoms with van der Waals surface area (Å²) in [5, 5.41) is 12.5. The predicted molar refractivity (Wildman–Crippen MR) is 95.5 cm³/mol. The number of hydrogen-bond acceptors (Lipinski definition) is 5. The lowest BCUT2D eigenvalue weighted by Gasteiger charge is -2.49. The molecule has 1 saturated carbocycles. The number of nitrogens with zero attached hydrogens (tertiary/aromatic N) is 3. The summed E-state index contributed by atoms with van der Waals surface area (Å²) in [6, 6.07) is 0.409. The number of rotatable bonds is 5. The topological polar surface area (TPSA) is 70.9 Å². The van der Waals surface area contributed by atoms with Gasteiger partial charge in [0, 0.05) is 36.5 Å². The Hall–Kier alpha value is -2.43. The first kappa shape index (κ1) is 22.3. The minimum Gasteiger partial charge on any atom is -0.392 e. The zero-order valence-electron chi connectivity index (χ0n) is 16.1. The monoisotopic (exact) mass is 434 g/mol. The van der Waals surface area contributed by atoms with Crippen molar-refractivity contribution >= 4 is 5.82 Å². The van der Waals surface area contributed by atoms with E-state index >= 15 is 0 Å². The predicted octanol–water partition coefficient (Wildman–Crippen LogP) is 4.27. The van der Waals surface area contributed by atoms with E-state index in [4.69, 9.17) is 0 Å². The van der Waals surface area contributed by atoms with Crippen molar-refractivity contribution in [2.75, 3.05) is 5.32 Å². The van der Waals surface area contributed by atoms with Gasteiger partial charge in [-0.1, -0.05) is 13.8 Å². The van der Waals surface area contributed by atoms with Crippen LogP contribution < -0.4 is 5.32 Å². The zero-order valence-corrected chi connectivity index (χ0v) is 16.1. The summed E-state index contributed by atoms with van der Waals surface area (Å²) in [5.41, 5.74) is -2.66. The minimum atomic E-state index is -4.71. The lowest BCUT2D eigenvalue weighted by atomic mass is 9.64. The van der Waals surface area contributed by atoms with Crippen LogP contribution in [0.5, 0.6) is 0 Å². The molecule has 1 aliphatic carbocycles. The quantitative estimate of drug-likeness (QED) is 0.688. The van der Waals surface area contributed by atoms with Gasteiger partial charge in [0.2, 0.25) is 0 Å². The fourth-order valence-corrected chi connectivity index (χ4v) is 3.32. The van der Waals surface area contributed by atoms with E-state index in [9.17, 15) is 31.4 Å². The smallest absolute Gasteiger partial charge is 0.392 e. The average Bonchev–Trinajstić information content (AvgIpc) is 2.65. The molecule has 0 saturated heterocycles. The van der Waals surface area contributed by atoms with Crippen LogP contribution in [0.3, 0.4) is 0 Å². The van der Waals surface area contributed by atoms with Crippen molar-refractivity contribution in [1.82, 2.24) is 15.0 Å². The molecule has 0 unspecified atom stereocenters. The average molecular weight is 434 g/mol. The van der Waals surface area contributed by atoms with Gasteiger partial charge in [-0.2, -0.15) is 26.3 Å². The first-order chi connectivity index (χ1) is 13.8. The van der Waals surface area contributed by atoms with E-state index in [-0.39, 0.29) is 30.7 Å². The number of aromatic nitrogens is 3. The van der Waals surface area contributed by atoms with Gasteiger partial charge in [-0.3, -0.25) is 4.98 Å². The number of aliphatic hydroxyl groups excluding tert-OH is 1. The highest BCUT2D eigenvalue weighted by atomic mass is 19.4. The van der Waals surface area contributed by atoms with Crippen molar-refractivity contribution < 1.29 is 31.4 Å². The molecule has 3 rings (SSSR count).